The first-order valence-electron chi connectivity index (χ1n) is 9.80. The fourth-order valence-corrected chi connectivity index (χ4v) is 3.80. The molecule has 2 aliphatic rings. The van der Waals surface area contributed by atoms with Crippen LogP contribution in [-0.2, 0) is 9.53 Å². The molecule has 0 radical (unpaired) electrons. The first-order chi connectivity index (χ1) is 13.2. The topological polar surface area (TPSA) is 85.3 Å². The van der Waals surface area contributed by atoms with Gasteiger partial charge in [-0.15, -0.1) is 0 Å². The number of carbonyl (C=O) groups is 2. The number of likely N-dealkylation sites (tertiary alicyclic amines) is 1. The highest BCUT2D eigenvalue weighted by molar-refractivity contribution is 5.68. The van der Waals surface area contributed by atoms with Gasteiger partial charge >= 0.3 is 12.1 Å². The minimum absolute atomic E-state index is 0.0753. The summed E-state index contributed by atoms with van der Waals surface area (Å²) in [5.74, 6) is 0.837. The number of aliphatic carboxylic acids is 1. The number of carboxylic acid groups (broad SMARTS) is 1. The fraction of sp³-hybridized carbons (Fsp3) is 0.619. The minimum atomic E-state index is -0.811. The number of hydrogen-bond donors (Lipinski definition) is 1. The summed E-state index contributed by atoms with van der Waals surface area (Å²) in [5.41, 5.74) is 0.459. The minimum Gasteiger partial charge on any atom is -0.481 e. The van der Waals surface area contributed by atoms with Crippen LogP contribution >= 0.6 is 0 Å². The van der Waals surface area contributed by atoms with E-state index in [4.69, 9.17) is 14.2 Å². The number of piperidine rings is 1. The number of carbonyl (C=O) groups excluding carboxylic acids is 1. The Bertz CT molecular complexity index is 718. The van der Waals surface area contributed by atoms with Gasteiger partial charge in [0.25, 0.3) is 0 Å². The number of nitrogens with zero attached hydrogens (tertiary/aromatic N) is 1. The van der Waals surface area contributed by atoms with E-state index in [2.05, 4.69) is 0 Å². The van der Waals surface area contributed by atoms with Crippen molar-refractivity contribution in [1.82, 2.24) is 4.90 Å². The maximum absolute atomic E-state index is 12.2. The van der Waals surface area contributed by atoms with E-state index in [1.54, 1.807) is 4.90 Å². The molecule has 7 nitrogen and oxygen atoms in total. The number of amides is 1. The highest BCUT2D eigenvalue weighted by Gasteiger charge is 2.29. The van der Waals surface area contributed by atoms with Crippen LogP contribution in [0.25, 0.3) is 0 Å². The van der Waals surface area contributed by atoms with Crippen molar-refractivity contribution in [2.75, 3.05) is 19.9 Å². The molecule has 1 aromatic rings. The predicted octanol–water partition coefficient (Wildman–Crippen LogP) is 4.01. The molecule has 1 atom stereocenters. The van der Waals surface area contributed by atoms with E-state index >= 15 is 0 Å². The average molecular weight is 391 g/mol. The normalized spacial score (nSPS) is 18.0. The quantitative estimate of drug-likeness (QED) is 0.816. The van der Waals surface area contributed by atoms with Gasteiger partial charge in [0, 0.05) is 13.1 Å². The van der Waals surface area contributed by atoms with Gasteiger partial charge in [0.1, 0.15) is 5.60 Å². The molecule has 28 heavy (non-hydrogen) atoms. The Kier molecular flexibility index (Phi) is 6.01. The van der Waals surface area contributed by atoms with E-state index in [-0.39, 0.29) is 25.2 Å². The molecule has 2 aliphatic heterocycles. The number of fused-ring (bicyclic) bond motifs is 1. The SMILES string of the molecule is CC(C)(C)OC(=O)N1CCC(CC(CC(=O)O)c2ccc3c(c2)OCO3)CC1. The molecular weight excluding hydrogens is 362 g/mol. The number of hydrogen-bond acceptors (Lipinski definition) is 5. The Labute approximate surface area is 165 Å². The first-order valence-corrected chi connectivity index (χ1v) is 9.80. The summed E-state index contributed by atoms with van der Waals surface area (Å²) in [7, 11) is 0. The maximum Gasteiger partial charge on any atom is 0.410 e. The zero-order valence-corrected chi connectivity index (χ0v) is 16.8. The lowest BCUT2D eigenvalue weighted by Gasteiger charge is -2.34. The van der Waals surface area contributed by atoms with Gasteiger partial charge in [-0.05, 0) is 69.6 Å². The van der Waals surface area contributed by atoms with E-state index in [0.29, 0.717) is 30.5 Å². The zero-order chi connectivity index (χ0) is 20.3. The molecule has 0 spiro atoms. The van der Waals surface area contributed by atoms with Crippen molar-refractivity contribution in [3.05, 3.63) is 23.8 Å². The fourth-order valence-electron chi connectivity index (χ4n) is 3.80. The van der Waals surface area contributed by atoms with Crippen LogP contribution in [0.2, 0.25) is 0 Å². The smallest absolute Gasteiger partial charge is 0.410 e. The summed E-state index contributed by atoms with van der Waals surface area (Å²) in [4.78, 5) is 25.4. The standard InChI is InChI=1S/C21H29NO6/c1-21(2,3)28-20(25)22-8-6-14(7-9-22)10-16(12-19(23)24)15-4-5-17-18(11-15)27-13-26-17/h4-5,11,14,16H,6-10,12-13H2,1-3H3,(H,23,24). The summed E-state index contributed by atoms with van der Waals surface area (Å²) in [6.07, 6.45) is 2.27. The third-order valence-corrected chi connectivity index (χ3v) is 5.17. The van der Waals surface area contributed by atoms with Gasteiger partial charge in [-0.2, -0.15) is 0 Å². The predicted molar refractivity (Wildman–Crippen MR) is 103 cm³/mol. The summed E-state index contributed by atoms with van der Waals surface area (Å²) in [6.45, 7) is 7.06. The van der Waals surface area contributed by atoms with Crippen LogP contribution in [0.5, 0.6) is 11.5 Å². The summed E-state index contributed by atoms with van der Waals surface area (Å²) >= 11 is 0. The Hall–Kier alpha value is -2.44. The molecule has 1 unspecified atom stereocenters. The molecule has 1 fully saturated rings. The van der Waals surface area contributed by atoms with Gasteiger partial charge in [-0.1, -0.05) is 6.07 Å². The van der Waals surface area contributed by atoms with E-state index in [0.717, 1.165) is 24.8 Å². The van der Waals surface area contributed by atoms with Gasteiger partial charge < -0.3 is 24.2 Å². The summed E-state index contributed by atoms with van der Waals surface area (Å²) < 4.78 is 16.2. The van der Waals surface area contributed by atoms with Crippen LogP contribution in [-0.4, -0.2) is 47.6 Å². The lowest BCUT2D eigenvalue weighted by Crippen LogP contribution is -2.41. The van der Waals surface area contributed by atoms with Gasteiger partial charge in [-0.3, -0.25) is 4.79 Å². The zero-order valence-electron chi connectivity index (χ0n) is 16.8. The van der Waals surface area contributed by atoms with Crippen molar-refractivity contribution in [2.45, 2.75) is 58.0 Å². The van der Waals surface area contributed by atoms with Crippen LogP contribution in [0.4, 0.5) is 4.79 Å². The molecule has 1 N–H and O–H groups in total. The molecule has 0 aromatic heterocycles. The van der Waals surface area contributed by atoms with Crippen molar-refractivity contribution in [3.8, 4) is 11.5 Å². The Balaban J connectivity index is 1.60. The first kappa shape index (κ1) is 20.3. The van der Waals surface area contributed by atoms with Gasteiger partial charge in [-0.25, -0.2) is 4.79 Å². The van der Waals surface area contributed by atoms with E-state index in [1.807, 2.05) is 39.0 Å². The maximum atomic E-state index is 12.2. The van der Waals surface area contributed by atoms with Crippen LogP contribution in [0.3, 0.4) is 0 Å². The van der Waals surface area contributed by atoms with Crippen molar-refractivity contribution in [3.63, 3.8) is 0 Å². The molecule has 1 saturated heterocycles. The lowest BCUT2D eigenvalue weighted by molar-refractivity contribution is -0.137. The molecule has 2 heterocycles. The van der Waals surface area contributed by atoms with Crippen molar-refractivity contribution < 1.29 is 28.9 Å². The molecule has 0 bridgehead atoms. The van der Waals surface area contributed by atoms with E-state index in [9.17, 15) is 14.7 Å². The Morgan fingerprint density at radius 1 is 1.21 bits per heavy atom. The second-order valence-electron chi connectivity index (χ2n) is 8.55. The summed E-state index contributed by atoms with van der Waals surface area (Å²) in [6, 6.07) is 5.67. The second kappa shape index (κ2) is 8.29. The molecule has 1 aromatic carbocycles. The van der Waals surface area contributed by atoms with Crippen molar-refractivity contribution in [2.24, 2.45) is 5.92 Å². The number of benzene rings is 1. The summed E-state index contributed by atoms with van der Waals surface area (Å²) in [5, 5.41) is 9.37. The highest BCUT2D eigenvalue weighted by Crippen LogP contribution is 2.38. The third-order valence-electron chi connectivity index (χ3n) is 5.17. The lowest BCUT2D eigenvalue weighted by atomic mass is 9.82. The molecule has 154 valence electrons. The molecule has 7 heteroatoms. The van der Waals surface area contributed by atoms with Gasteiger partial charge in [0.15, 0.2) is 11.5 Å². The van der Waals surface area contributed by atoms with Gasteiger partial charge in [0.2, 0.25) is 6.79 Å². The number of ether oxygens (including phenoxy) is 3. The highest BCUT2D eigenvalue weighted by atomic mass is 16.7. The monoisotopic (exact) mass is 391 g/mol. The van der Waals surface area contributed by atoms with Crippen LogP contribution in [0, 0.1) is 5.92 Å². The average Bonchev–Trinajstić information content (AvgIpc) is 3.07. The molecule has 0 saturated carbocycles. The van der Waals surface area contributed by atoms with Crippen LogP contribution in [0.15, 0.2) is 18.2 Å². The molecular formula is C21H29NO6. The molecule has 3 rings (SSSR count). The van der Waals surface area contributed by atoms with Crippen LogP contribution < -0.4 is 9.47 Å². The van der Waals surface area contributed by atoms with Gasteiger partial charge in [0.05, 0.1) is 6.42 Å². The van der Waals surface area contributed by atoms with Crippen molar-refractivity contribution >= 4 is 12.1 Å². The Morgan fingerprint density at radius 2 is 1.89 bits per heavy atom. The largest absolute Gasteiger partial charge is 0.481 e. The molecule has 0 aliphatic carbocycles. The Morgan fingerprint density at radius 3 is 2.54 bits per heavy atom. The second-order valence-corrected chi connectivity index (χ2v) is 8.55. The van der Waals surface area contributed by atoms with Crippen molar-refractivity contribution in [1.29, 1.82) is 0 Å². The van der Waals surface area contributed by atoms with Crippen LogP contribution in [0.1, 0.15) is 57.9 Å². The number of rotatable bonds is 5. The van der Waals surface area contributed by atoms with E-state index < -0.39 is 11.6 Å². The third kappa shape index (κ3) is 5.30. The number of carboxylic acids is 1. The van der Waals surface area contributed by atoms with E-state index in [1.165, 1.54) is 0 Å². The molecule has 1 amide bonds.